The Labute approximate surface area is 198 Å². The molecule has 0 unspecified atom stereocenters. The third-order valence-electron chi connectivity index (χ3n) is 3.66. The summed E-state index contributed by atoms with van der Waals surface area (Å²) in [7, 11) is 0. The molecule has 4 aromatic rings. The summed E-state index contributed by atoms with van der Waals surface area (Å²) in [6, 6.07) is 0. The highest BCUT2D eigenvalue weighted by atomic mass is 32.1. The molecule has 0 aliphatic rings. The number of aromatic nitrogens is 4. The first-order valence-corrected chi connectivity index (χ1v) is 12.7. The Morgan fingerprint density at radius 1 is 0.781 bits per heavy atom. The summed E-state index contributed by atoms with van der Waals surface area (Å²) >= 11 is 5.21. The van der Waals surface area contributed by atoms with Gasteiger partial charge in [0.15, 0.2) is 20.5 Å². The zero-order valence-corrected chi connectivity index (χ0v) is 20.0. The highest BCUT2D eigenvalue weighted by Crippen LogP contribution is 2.32. The Kier molecular flexibility index (Phi) is 7.04. The van der Waals surface area contributed by atoms with Crippen LogP contribution in [0.15, 0.2) is 23.2 Å². The molecule has 0 spiro atoms. The molecule has 0 saturated heterocycles. The lowest BCUT2D eigenvalue weighted by molar-refractivity contribution is 0.0522. The van der Waals surface area contributed by atoms with Gasteiger partial charge in [-0.3, -0.25) is 0 Å². The van der Waals surface area contributed by atoms with Gasteiger partial charge in [0.05, 0.1) is 25.6 Å². The molecule has 0 atom stereocenters. The van der Waals surface area contributed by atoms with Crippen molar-refractivity contribution in [1.82, 2.24) is 19.9 Å². The Hall–Kier alpha value is -2.94. The van der Waals surface area contributed by atoms with E-state index in [1.54, 1.807) is 13.8 Å². The van der Waals surface area contributed by atoms with Crippen LogP contribution in [-0.2, 0) is 9.47 Å². The third kappa shape index (κ3) is 5.27. The molecule has 0 amide bonds. The normalized spacial score (nSPS) is 10.7. The van der Waals surface area contributed by atoms with Crippen LogP contribution in [0.1, 0.15) is 33.2 Å². The number of esters is 2. The summed E-state index contributed by atoms with van der Waals surface area (Å²) in [5.74, 6) is -0.787. The first-order chi connectivity index (χ1) is 15.6. The molecule has 0 bridgehead atoms. The Morgan fingerprint density at radius 2 is 1.22 bits per heavy atom. The summed E-state index contributed by atoms with van der Waals surface area (Å²) in [6.45, 7) is 4.14. The number of carbonyl (C=O) groups excluding carboxylic acids is 2. The molecular formula is C18H16N6O4S4. The van der Waals surface area contributed by atoms with Gasteiger partial charge in [-0.2, -0.15) is 0 Å². The van der Waals surface area contributed by atoms with Gasteiger partial charge in [-0.05, 0) is 13.8 Å². The van der Waals surface area contributed by atoms with Crippen molar-refractivity contribution in [3.05, 3.63) is 32.9 Å². The number of hydrogen-bond acceptors (Lipinski definition) is 14. The predicted octanol–water partition coefficient (Wildman–Crippen LogP) is 5.02. The molecule has 4 rings (SSSR count). The zero-order valence-electron chi connectivity index (χ0n) is 16.8. The van der Waals surface area contributed by atoms with Crippen molar-refractivity contribution in [2.45, 2.75) is 13.8 Å². The van der Waals surface area contributed by atoms with Crippen LogP contribution in [0.5, 0.6) is 0 Å². The van der Waals surface area contributed by atoms with Crippen molar-refractivity contribution in [3.8, 4) is 11.4 Å². The highest BCUT2D eigenvalue weighted by Gasteiger charge is 2.15. The summed E-state index contributed by atoms with van der Waals surface area (Å²) in [5, 5.41) is 12.3. The second-order valence-corrected chi connectivity index (χ2v) is 9.60. The van der Waals surface area contributed by atoms with Crippen LogP contribution >= 0.6 is 45.3 Å². The molecule has 0 saturated carbocycles. The minimum Gasteiger partial charge on any atom is -0.462 e. The van der Waals surface area contributed by atoms with Crippen LogP contribution in [0, 0.1) is 0 Å². The average molecular weight is 509 g/mol. The first-order valence-electron chi connectivity index (χ1n) is 9.27. The molecule has 4 heterocycles. The number of nitrogens with zero attached hydrogens (tertiary/aromatic N) is 4. The van der Waals surface area contributed by atoms with Crippen molar-refractivity contribution >= 4 is 77.8 Å². The Bertz CT molecular complexity index is 1140. The smallest absolute Gasteiger partial charge is 0.350 e. The van der Waals surface area contributed by atoms with E-state index in [1.807, 2.05) is 10.8 Å². The average Bonchev–Trinajstić information content (AvgIpc) is 3.57. The topological polar surface area (TPSA) is 128 Å². The van der Waals surface area contributed by atoms with Gasteiger partial charge in [-0.15, -0.1) is 22.7 Å². The largest absolute Gasteiger partial charge is 0.462 e. The molecule has 4 aromatic heterocycles. The molecule has 32 heavy (non-hydrogen) atoms. The van der Waals surface area contributed by atoms with E-state index < -0.39 is 11.9 Å². The predicted molar refractivity (Wildman–Crippen MR) is 126 cm³/mol. The Morgan fingerprint density at radius 3 is 1.62 bits per heavy atom. The van der Waals surface area contributed by atoms with Crippen LogP contribution in [0.4, 0.5) is 20.5 Å². The fourth-order valence-corrected chi connectivity index (χ4v) is 5.29. The monoisotopic (exact) mass is 508 g/mol. The molecule has 0 aromatic carbocycles. The maximum atomic E-state index is 11.8. The maximum Gasteiger partial charge on any atom is 0.350 e. The fraction of sp³-hybridized carbons (Fsp3) is 0.222. The van der Waals surface area contributed by atoms with E-state index in [1.165, 1.54) is 57.7 Å². The number of anilines is 4. The molecule has 0 aliphatic heterocycles. The van der Waals surface area contributed by atoms with Crippen molar-refractivity contribution < 1.29 is 19.1 Å². The number of thiazole rings is 4. The van der Waals surface area contributed by atoms with Crippen LogP contribution in [0.3, 0.4) is 0 Å². The number of hydrogen-bond donors (Lipinski definition) is 2. The lowest BCUT2D eigenvalue weighted by Crippen LogP contribution is -2.01. The van der Waals surface area contributed by atoms with Gasteiger partial charge in [0.25, 0.3) is 0 Å². The van der Waals surface area contributed by atoms with Crippen LogP contribution < -0.4 is 10.6 Å². The SMILES string of the molecule is CCOC(=O)c1cnc(Nc2nc(-c3csc(Nc4ncc(C(=O)OCC)s4)n3)cs2)s1. The summed E-state index contributed by atoms with van der Waals surface area (Å²) in [6.07, 6.45) is 2.95. The third-order valence-corrected chi connectivity index (χ3v) is 6.96. The minimum absolute atomic E-state index is 0.314. The van der Waals surface area contributed by atoms with E-state index in [-0.39, 0.29) is 0 Å². The minimum atomic E-state index is -0.394. The van der Waals surface area contributed by atoms with E-state index >= 15 is 0 Å². The summed E-state index contributed by atoms with van der Waals surface area (Å²) in [5.41, 5.74) is 1.41. The van der Waals surface area contributed by atoms with Crippen LogP contribution in [-0.4, -0.2) is 45.1 Å². The Balaban J connectivity index is 1.39. The standard InChI is InChI=1S/C18H16N6O4S4/c1-3-27-13(25)11-5-19-15(31-11)23-17-21-9(7-29-17)10-8-30-18(22-10)24-16-20-6-12(32-16)14(26)28-4-2/h5-8H,3-4H2,1-2H3,(H,19,21,23)(H,20,22,24). The van der Waals surface area contributed by atoms with Gasteiger partial charge in [-0.1, -0.05) is 22.7 Å². The maximum absolute atomic E-state index is 11.8. The van der Waals surface area contributed by atoms with E-state index in [9.17, 15) is 9.59 Å². The number of rotatable bonds is 9. The van der Waals surface area contributed by atoms with Gasteiger partial charge >= 0.3 is 11.9 Å². The zero-order chi connectivity index (χ0) is 22.5. The van der Waals surface area contributed by atoms with Crippen molar-refractivity contribution in [3.63, 3.8) is 0 Å². The number of ether oxygens (including phenoxy) is 2. The summed E-state index contributed by atoms with van der Waals surface area (Å²) < 4.78 is 9.95. The summed E-state index contributed by atoms with van der Waals surface area (Å²) in [4.78, 5) is 41.8. The molecular weight excluding hydrogens is 493 g/mol. The van der Waals surface area contributed by atoms with Gasteiger partial charge < -0.3 is 20.1 Å². The van der Waals surface area contributed by atoms with Gasteiger partial charge in [0.1, 0.15) is 21.1 Å². The lowest BCUT2D eigenvalue weighted by Gasteiger charge is -1.97. The number of carbonyl (C=O) groups is 2. The lowest BCUT2D eigenvalue weighted by atomic mass is 10.4. The second kappa shape index (κ2) is 10.1. The van der Waals surface area contributed by atoms with E-state index in [2.05, 4.69) is 30.6 Å². The van der Waals surface area contributed by atoms with Gasteiger partial charge in [0.2, 0.25) is 0 Å². The van der Waals surface area contributed by atoms with Crippen molar-refractivity contribution in [1.29, 1.82) is 0 Å². The fourth-order valence-electron chi connectivity index (χ4n) is 2.34. The second-order valence-electron chi connectivity index (χ2n) is 5.83. The molecule has 2 N–H and O–H groups in total. The van der Waals surface area contributed by atoms with Crippen molar-refractivity contribution in [2.24, 2.45) is 0 Å². The van der Waals surface area contributed by atoms with E-state index in [0.29, 0.717) is 54.9 Å². The quantitative estimate of drug-likeness (QED) is 0.297. The first kappa shape index (κ1) is 22.3. The van der Waals surface area contributed by atoms with Gasteiger partial charge in [0, 0.05) is 10.8 Å². The van der Waals surface area contributed by atoms with Crippen LogP contribution in [0.25, 0.3) is 11.4 Å². The van der Waals surface area contributed by atoms with Crippen molar-refractivity contribution in [2.75, 3.05) is 23.8 Å². The molecule has 14 heteroatoms. The van der Waals surface area contributed by atoms with Crippen LogP contribution in [0.2, 0.25) is 0 Å². The molecule has 10 nitrogen and oxygen atoms in total. The molecule has 0 fully saturated rings. The van der Waals surface area contributed by atoms with E-state index in [0.717, 1.165) is 0 Å². The number of nitrogens with one attached hydrogen (secondary N) is 2. The molecule has 166 valence electrons. The van der Waals surface area contributed by atoms with E-state index in [4.69, 9.17) is 9.47 Å². The molecule has 0 radical (unpaired) electrons. The highest BCUT2D eigenvalue weighted by molar-refractivity contribution is 7.19. The molecule has 0 aliphatic carbocycles. The van der Waals surface area contributed by atoms with Gasteiger partial charge in [-0.25, -0.2) is 29.5 Å².